The zero-order chi connectivity index (χ0) is 12.7. The van der Waals surface area contributed by atoms with Crippen molar-refractivity contribution in [3.05, 3.63) is 18.5 Å². The molecule has 0 bridgehead atoms. The second-order valence-corrected chi connectivity index (χ2v) is 5.49. The Morgan fingerprint density at radius 2 is 2.29 bits per heavy atom. The summed E-state index contributed by atoms with van der Waals surface area (Å²) in [4.78, 5) is 0. The van der Waals surface area contributed by atoms with Crippen molar-refractivity contribution in [1.29, 1.82) is 0 Å². The topological polar surface area (TPSA) is 93.2 Å². The molecule has 8 heteroatoms. The monoisotopic (exact) mass is 261 g/mol. The lowest BCUT2D eigenvalue weighted by molar-refractivity contribution is 0.449. The van der Waals surface area contributed by atoms with Gasteiger partial charge in [-0.05, 0) is 19.0 Å². The molecule has 1 aromatic rings. The number of rotatable bonds is 8. The van der Waals surface area contributed by atoms with E-state index in [9.17, 15) is 8.42 Å². The van der Waals surface area contributed by atoms with Crippen molar-refractivity contribution < 1.29 is 8.42 Å². The predicted octanol–water partition coefficient (Wildman–Crippen LogP) is -1.00. The highest BCUT2D eigenvalue weighted by atomic mass is 32.2. The molecule has 0 aliphatic heterocycles. The van der Waals surface area contributed by atoms with E-state index in [1.807, 2.05) is 0 Å². The molecule has 0 unspecified atom stereocenters. The molecule has 0 aromatic carbocycles. The van der Waals surface area contributed by atoms with Gasteiger partial charge < -0.3 is 5.73 Å². The minimum Gasteiger partial charge on any atom is -0.330 e. The van der Waals surface area contributed by atoms with E-state index in [0.29, 0.717) is 32.6 Å². The van der Waals surface area contributed by atoms with E-state index in [-0.39, 0.29) is 0 Å². The van der Waals surface area contributed by atoms with Gasteiger partial charge in [0.25, 0.3) is 10.2 Å². The van der Waals surface area contributed by atoms with Crippen molar-refractivity contribution in [2.75, 3.05) is 26.7 Å². The highest BCUT2D eigenvalue weighted by Gasteiger charge is 2.15. The molecule has 0 aliphatic carbocycles. The molecule has 0 amide bonds. The van der Waals surface area contributed by atoms with E-state index in [1.165, 1.54) is 11.4 Å². The highest BCUT2D eigenvalue weighted by molar-refractivity contribution is 7.87. The minimum atomic E-state index is -3.40. The standard InChI is InChI=1S/C9H19N5O2S/c1-13(7-2-4-10)17(15,16)12-6-9-14-8-3-5-11-14/h3,5,8,12H,2,4,6-7,9-10H2,1H3. The van der Waals surface area contributed by atoms with Crippen molar-refractivity contribution in [2.45, 2.75) is 13.0 Å². The van der Waals surface area contributed by atoms with Gasteiger partial charge in [0.2, 0.25) is 0 Å². The molecule has 1 rings (SSSR count). The van der Waals surface area contributed by atoms with Crippen LogP contribution in [0.1, 0.15) is 6.42 Å². The summed E-state index contributed by atoms with van der Waals surface area (Å²) in [5.41, 5.74) is 5.33. The Balaban J connectivity index is 2.33. The first-order valence-corrected chi connectivity index (χ1v) is 6.88. The molecule has 3 N–H and O–H groups in total. The number of nitrogens with one attached hydrogen (secondary N) is 1. The third-order valence-electron chi connectivity index (χ3n) is 2.27. The molecule has 0 saturated heterocycles. The maximum absolute atomic E-state index is 11.7. The van der Waals surface area contributed by atoms with Crippen LogP contribution >= 0.6 is 0 Å². The largest absolute Gasteiger partial charge is 0.330 e. The lowest BCUT2D eigenvalue weighted by Crippen LogP contribution is -2.40. The van der Waals surface area contributed by atoms with E-state index in [0.717, 1.165) is 0 Å². The molecule has 0 spiro atoms. The van der Waals surface area contributed by atoms with Gasteiger partial charge in [-0.15, -0.1) is 0 Å². The Kier molecular flexibility index (Phi) is 5.56. The van der Waals surface area contributed by atoms with Crippen LogP contribution in [-0.4, -0.2) is 49.2 Å². The van der Waals surface area contributed by atoms with E-state index >= 15 is 0 Å². The first kappa shape index (κ1) is 14.1. The molecule has 1 heterocycles. The summed E-state index contributed by atoms with van der Waals surface area (Å²) in [6.45, 7) is 1.73. The third kappa shape index (κ3) is 4.82. The molecule has 0 fully saturated rings. The fourth-order valence-electron chi connectivity index (χ4n) is 1.27. The number of nitrogens with zero attached hydrogens (tertiary/aromatic N) is 3. The van der Waals surface area contributed by atoms with Gasteiger partial charge in [0.1, 0.15) is 0 Å². The van der Waals surface area contributed by atoms with Gasteiger partial charge in [0, 0.05) is 32.5 Å². The zero-order valence-electron chi connectivity index (χ0n) is 9.91. The minimum absolute atomic E-state index is 0.316. The van der Waals surface area contributed by atoms with Crippen LogP contribution in [0, 0.1) is 0 Å². The van der Waals surface area contributed by atoms with Crippen LogP contribution in [0.5, 0.6) is 0 Å². The molecular weight excluding hydrogens is 242 g/mol. The Morgan fingerprint density at radius 1 is 1.53 bits per heavy atom. The maximum atomic E-state index is 11.7. The normalized spacial score (nSPS) is 12.2. The van der Waals surface area contributed by atoms with Crippen LogP contribution in [0.4, 0.5) is 0 Å². The van der Waals surface area contributed by atoms with Crippen LogP contribution in [-0.2, 0) is 16.8 Å². The fraction of sp³-hybridized carbons (Fsp3) is 0.667. The number of hydrogen-bond acceptors (Lipinski definition) is 4. The molecule has 0 saturated carbocycles. The molecule has 98 valence electrons. The molecular formula is C9H19N5O2S. The van der Waals surface area contributed by atoms with Crippen LogP contribution in [0.15, 0.2) is 18.5 Å². The molecule has 0 aliphatic rings. The average Bonchev–Trinajstić information content (AvgIpc) is 2.78. The summed E-state index contributed by atoms with van der Waals surface area (Å²) in [6.07, 6.45) is 4.09. The molecule has 1 aromatic heterocycles. The number of nitrogens with two attached hydrogens (primary N) is 1. The summed E-state index contributed by atoms with van der Waals surface area (Å²) in [7, 11) is -1.87. The number of aromatic nitrogens is 2. The summed E-state index contributed by atoms with van der Waals surface area (Å²) in [6, 6.07) is 1.79. The highest BCUT2D eigenvalue weighted by Crippen LogP contribution is 1.95. The Bertz CT molecular complexity index is 403. The van der Waals surface area contributed by atoms with Crippen LogP contribution in [0.3, 0.4) is 0 Å². The fourth-order valence-corrected chi connectivity index (χ4v) is 2.21. The summed E-state index contributed by atoms with van der Waals surface area (Å²) in [5, 5.41) is 3.98. The van der Waals surface area contributed by atoms with Gasteiger partial charge in [-0.2, -0.15) is 17.8 Å². The Labute approximate surface area is 102 Å². The van der Waals surface area contributed by atoms with Crippen molar-refractivity contribution in [3.8, 4) is 0 Å². The van der Waals surface area contributed by atoms with Crippen molar-refractivity contribution in [1.82, 2.24) is 18.8 Å². The van der Waals surface area contributed by atoms with Crippen LogP contribution in [0.2, 0.25) is 0 Å². The van der Waals surface area contributed by atoms with Crippen LogP contribution < -0.4 is 10.5 Å². The second-order valence-electron chi connectivity index (χ2n) is 3.63. The van der Waals surface area contributed by atoms with E-state index in [1.54, 1.807) is 23.1 Å². The van der Waals surface area contributed by atoms with Gasteiger partial charge >= 0.3 is 0 Å². The van der Waals surface area contributed by atoms with Crippen molar-refractivity contribution >= 4 is 10.2 Å². The number of hydrogen-bond donors (Lipinski definition) is 2. The zero-order valence-corrected chi connectivity index (χ0v) is 10.7. The summed E-state index contributed by atoms with van der Waals surface area (Å²) < 4.78 is 28.9. The molecule has 17 heavy (non-hydrogen) atoms. The van der Waals surface area contributed by atoms with Gasteiger partial charge in [-0.25, -0.2) is 4.72 Å². The Morgan fingerprint density at radius 3 is 2.88 bits per heavy atom. The van der Waals surface area contributed by atoms with Crippen molar-refractivity contribution in [2.24, 2.45) is 5.73 Å². The van der Waals surface area contributed by atoms with Crippen molar-refractivity contribution in [3.63, 3.8) is 0 Å². The van der Waals surface area contributed by atoms with Gasteiger partial charge in [-0.3, -0.25) is 4.68 Å². The average molecular weight is 261 g/mol. The summed E-state index contributed by atoms with van der Waals surface area (Å²) >= 11 is 0. The van der Waals surface area contributed by atoms with Gasteiger partial charge in [0.05, 0.1) is 6.54 Å². The van der Waals surface area contributed by atoms with E-state index in [2.05, 4.69) is 9.82 Å². The molecule has 0 radical (unpaired) electrons. The SMILES string of the molecule is CN(CCCN)S(=O)(=O)NCCn1cccn1. The second kappa shape index (κ2) is 6.70. The van der Waals surface area contributed by atoms with E-state index < -0.39 is 10.2 Å². The smallest absolute Gasteiger partial charge is 0.279 e. The van der Waals surface area contributed by atoms with E-state index in [4.69, 9.17) is 5.73 Å². The third-order valence-corrected chi connectivity index (χ3v) is 3.84. The summed E-state index contributed by atoms with van der Waals surface area (Å²) in [5.74, 6) is 0. The predicted molar refractivity (Wildman–Crippen MR) is 65.5 cm³/mol. The van der Waals surface area contributed by atoms with Crippen LogP contribution in [0.25, 0.3) is 0 Å². The molecule has 7 nitrogen and oxygen atoms in total. The first-order valence-electron chi connectivity index (χ1n) is 5.44. The first-order chi connectivity index (χ1) is 8.06. The molecule has 0 atom stereocenters. The van der Waals surface area contributed by atoms with Gasteiger partial charge in [0.15, 0.2) is 0 Å². The lowest BCUT2D eigenvalue weighted by Gasteiger charge is -2.17. The lowest BCUT2D eigenvalue weighted by atomic mass is 10.4. The van der Waals surface area contributed by atoms with Gasteiger partial charge in [-0.1, -0.05) is 0 Å². The maximum Gasteiger partial charge on any atom is 0.279 e. The Hall–Kier alpha value is -0.960. The quantitative estimate of drug-likeness (QED) is 0.627.